The van der Waals surface area contributed by atoms with Gasteiger partial charge in [0, 0.05) is 16.7 Å². The molecule has 1 aromatic heterocycles. The third kappa shape index (κ3) is 7.35. The molecule has 1 amide bonds. The van der Waals surface area contributed by atoms with Gasteiger partial charge in [0.2, 0.25) is 5.91 Å². The molecule has 2 aromatic carbocycles. The van der Waals surface area contributed by atoms with Gasteiger partial charge in [-0.2, -0.15) is 0 Å². The van der Waals surface area contributed by atoms with E-state index in [0.717, 1.165) is 39.0 Å². The van der Waals surface area contributed by atoms with Crippen molar-refractivity contribution in [3.63, 3.8) is 0 Å². The van der Waals surface area contributed by atoms with Crippen LogP contribution in [0.25, 0.3) is 0 Å². The second-order valence-electron chi connectivity index (χ2n) is 10.0. The molecule has 0 saturated heterocycles. The number of aromatic nitrogens is 3. The summed E-state index contributed by atoms with van der Waals surface area (Å²) in [5.41, 5.74) is 3.11. The normalized spacial score (nSPS) is 12.4. The first-order chi connectivity index (χ1) is 17.1. The minimum atomic E-state index is -0.282. The lowest BCUT2D eigenvalue weighted by Gasteiger charge is -2.20. The molecule has 3 aromatic rings. The minimum absolute atomic E-state index is 0.0694. The van der Waals surface area contributed by atoms with Crippen LogP contribution in [0.4, 0.5) is 5.69 Å². The van der Waals surface area contributed by atoms with Crippen molar-refractivity contribution < 1.29 is 9.53 Å². The number of amides is 1. The SMILES string of the molecule is CC(C)Cn1c(SCC(=O)Nc2ccc(Br)cc2C(C)C)nnc1C(C)Oc1ccccc1C(C)C. The zero-order chi connectivity index (χ0) is 26.4. The van der Waals surface area contributed by atoms with E-state index >= 15 is 0 Å². The van der Waals surface area contributed by atoms with Gasteiger partial charge in [-0.3, -0.25) is 4.79 Å². The number of nitrogens with zero attached hydrogens (tertiary/aromatic N) is 3. The highest BCUT2D eigenvalue weighted by atomic mass is 79.9. The Morgan fingerprint density at radius 3 is 2.36 bits per heavy atom. The number of halogens is 1. The molecule has 1 unspecified atom stereocenters. The lowest BCUT2D eigenvalue weighted by Crippen LogP contribution is -2.18. The maximum atomic E-state index is 12.8. The Kier molecular flexibility index (Phi) is 10.0. The first-order valence-electron chi connectivity index (χ1n) is 12.5. The molecule has 1 heterocycles. The molecule has 0 aliphatic carbocycles. The summed E-state index contributed by atoms with van der Waals surface area (Å²) < 4.78 is 9.45. The quantitative estimate of drug-likeness (QED) is 0.237. The molecule has 194 valence electrons. The second kappa shape index (κ2) is 12.8. The van der Waals surface area contributed by atoms with Crippen LogP contribution in [-0.4, -0.2) is 26.4 Å². The summed E-state index contributed by atoms with van der Waals surface area (Å²) in [6.45, 7) is 15.6. The van der Waals surface area contributed by atoms with Gasteiger partial charge >= 0.3 is 0 Å². The fourth-order valence-electron chi connectivity index (χ4n) is 3.99. The van der Waals surface area contributed by atoms with Crippen LogP contribution in [0, 0.1) is 5.92 Å². The van der Waals surface area contributed by atoms with E-state index in [1.807, 2.05) is 37.3 Å². The summed E-state index contributed by atoms with van der Waals surface area (Å²) in [6.07, 6.45) is -0.282. The molecule has 0 aliphatic rings. The van der Waals surface area contributed by atoms with Gasteiger partial charge in [-0.15, -0.1) is 10.2 Å². The Balaban J connectivity index is 1.75. The topological polar surface area (TPSA) is 69.0 Å². The molecule has 0 bridgehead atoms. The van der Waals surface area contributed by atoms with Gasteiger partial charge < -0.3 is 14.6 Å². The lowest BCUT2D eigenvalue weighted by molar-refractivity contribution is -0.113. The van der Waals surface area contributed by atoms with E-state index in [1.54, 1.807) is 0 Å². The van der Waals surface area contributed by atoms with Crippen LogP contribution in [0.1, 0.15) is 83.4 Å². The van der Waals surface area contributed by atoms with E-state index in [-0.39, 0.29) is 17.8 Å². The molecule has 8 heteroatoms. The lowest BCUT2D eigenvalue weighted by atomic mass is 10.0. The number of carbonyl (C=O) groups is 1. The third-order valence-corrected chi connectivity index (χ3v) is 7.20. The third-order valence-electron chi connectivity index (χ3n) is 5.74. The zero-order valence-corrected chi connectivity index (χ0v) is 24.6. The molecule has 3 rings (SSSR count). The van der Waals surface area contributed by atoms with Crippen LogP contribution >= 0.6 is 27.7 Å². The maximum absolute atomic E-state index is 12.8. The molecule has 1 N–H and O–H groups in total. The Morgan fingerprint density at radius 1 is 1.00 bits per heavy atom. The predicted octanol–water partition coefficient (Wildman–Crippen LogP) is 7.81. The first-order valence-corrected chi connectivity index (χ1v) is 14.2. The number of para-hydroxylation sites is 1. The number of thioether (sulfide) groups is 1. The molecule has 0 spiro atoms. The number of anilines is 1. The number of hydrogen-bond donors (Lipinski definition) is 1. The highest BCUT2D eigenvalue weighted by Gasteiger charge is 2.22. The smallest absolute Gasteiger partial charge is 0.234 e. The largest absolute Gasteiger partial charge is 0.482 e. The second-order valence-corrected chi connectivity index (χ2v) is 11.9. The summed E-state index contributed by atoms with van der Waals surface area (Å²) in [6, 6.07) is 14.1. The van der Waals surface area contributed by atoms with Gasteiger partial charge in [-0.1, -0.05) is 87.4 Å². The molecular formula is C28H37BrN4O2S. The van der Waals surface area contributed by atoms with Crippen molar-refractivity contribution in [2.45, 2.75) is 78.1 Å². The van der Waals surface area contributed by atoms with Gasteiger partial charge in [0.05, 0.1) is 5.75 Å². The molecule has 0 aliphatic heterocycles. The highest BCUT2D eigenvalue weighted by Crippen LogP contribution is 2.31. The fraction of sp³-hybridized carbons (Fsp3) is 0.464. The van der Waals surface area contributed by atoms with Crippen molar-refractivity contribution in [2.24, 2.45) is 5.92 Å². The van der Waals surface area contributed by atoms with Gasteiger partial charge in [0.1, 0.15) is 5.75 Å². The molecule has 0 radical (unpaired) electrons. The van der Waals surface area contributed by atoms with E-state index in [9.17, 15) is 4.79 Å². The highest BCUT2D eigenvalue weighted by molar-refractivity contribution is 9.10. The summed E-state index contributed by atoms with van der Waals surface area (Å²) in [4.78, 5) is 12.8. The summed E-state index contributed by atoms with van der Waals surface area (Å²) >= 11 is 4.92. The fourth-order valence-corrected chi connectivity index (χ4v) is 5.13. The molecule has 0 fully saturated rings. The van der Waals surface area contributed by atoms with Crippen LogP contribution in [0.2, 0.25) is 0 Å². The van der Waals surface area contributed by atoms with Crippen LogP contribution < -0.4 is 10.1 Å². The van der Waals surface area contributed by atoms with Gasteiger partial charge in [0.15, 0.2) is 17.1 Å². The number of ether oxygens (including phenoxy) is 1. The average molecular weight is 574 g/mol. The van der Waals surface area contributed by atoms with Gasteiger partial charge in [-0.05, 0) is 60.1 Å². The van der Waals surface area contributed by atoms with Gasteiger partial charge in [0.25, 0.3) is 0 Å². The Labute approximate surface area is 227 Å². The van der Waals surface area contributed by atoms with E-state index in [0.29, 0.717) is 17.8 Å². The number of hydrogen-bond acceptors (Lipinski definition) is 5. The van der Waals surface area contributed by atoms with Crippen molar-refractivity contribution in [2.75, 3.05) is 11.1 Å². The zero-order valence-electron chi connectivity index (χ0n) is 22.2. The minimum Gasteiger partial charge on any atom is -0.482 e. The number of nitrogens with one attached hydrogen (secondary N) is 1. The average Bonchev–Trinajstić information content (AvgIpc) is 3.20. The molecule has 36 heavy (non-hydrogen) atoms. The van der Waals surface area contributed by atoms with Crippen LogP contribution in [0.15, 0.2) is 52.1 Å². The van der Waals surface area contributed by atoms with Crippen LogP contribution in [0.5, 0.6) is 5.75 Å². The van der Waals surface area contributed by atoms with Crippen molar-refractivity contribution in [1.82, 2.24) is 14.8 Å². The summed E-state index contributed by atoms with van der Waals surface area (Å²) in [5.74, 6) is 2.84. The standard InChI is InChI=1S/C28H37BrN4O2S/c1-17(2)15-33-27(20(7)35-25-11-9-8-10-22(25)18(3)4)31-32-28(33)36-16-26(34)30-24-13-12-21(29)14-23(24)19(5)6/h8-14,17-20H,15-16H2,1-7H3,(H,30,34). The van der Waals surface area contributed by atoms with Crippen LogP contribution in [0.3, 0.4) is 0 Å². The summed E-state index contributed by atoms with van der Waals surface area (Å²) in [5, 5.41) is 12.7. The molecule has 1 atom stereocenters. The number of carbonyl (C=O) groups excluding carboxylic acids is 1. The number of benzene rings is 2. The summed E-state index contributed by atoms with van der Waals surface area (Å²) in [7, 11) is 0. The van der Waals surface area contributed by atoms with E-state index in [4.69, 9.17) is 4.74 Å². The van der Waals surface area contributed by atoms with Gasteiger partial charge in [-0.25, -0.2) is 0 Å². The van der Waals surface area contributed by atoms with E-state index < -0.39 is 0 Å². The Bertz CT molecular complexity index is 1180. The van der Waals surface area contributed by atoms with Crippen LogP contribution in [-0.2, 0) is 11.3 Å². The maximum Gasteiger partial charge on any atom is 0.234 e. The Hall–Kier alpha value is -2.32. The Morgan fingerprint density at radius 2 is 1.69 bits per heavy atom. The van der Waals surface area contributed by atoms with Crippen molar-refractivity contribution in [3.8, 4) is 5.75 Å². The first kappa shape index (κ1) is 28.3. The van der Waals surface area contributed by atoms with Crippen molar-refractivity contribution >= 4 is 39.3 Å². The van der Waals surface area contributed by atoms with E-state index in [1.165, 1.54) is 17.3 Å². The molecule has 0 saturated carbocycles. The van der Waals surface area contributed by atoms with Crippen molar-refractivity contribution in [3.05, 3.63) is 63.9 Å². The van der Waals surface area contributed by atoms with E-state index in [2.05, 4.69) is 89.7 Å². The monoisotopic (exact) mass is 572 g/mol. The van der Waals surface area contributed by atoms with Crippen molar-refractivity contribution in [1.29, 1.82) is 0 Å². The molecular weight excluding hydrogens is 536 g/mol. The predicted molar refractivity (Wildman–Crippen MR) is 152 cm³/mol. The number of rotatable bonds is 11. The molecule has 6 nitrogen and oxygen atoms in total.